The molecule has 1 saturated heterocycles. The lowest BCUT2D eigenvalue weighted by Crippen LogP contribution is -2.44. The van der Waals surface area contributed by atoms with Crippen LogP contribution in [0.5, 0.6) is 0 Å². The van der Waals surface area contributed by atoms with E-state index in [0.717, 1.165) is 37.4 Å². The van der Waals surface area contributed by atoms with E-state index in [0.29, 0.717) is 12.3 Å². The Kier molecular flexibility index (Phi) is 4.84. The van der Waals surface area contributed by atoms with Crippen LogP contribution < -0.4 is 10.6 Å². The van der Waals surface area contributed by atoms with Gasteiger partial charge >= 0.3 is 5.97 Å². The first-order valence-electron chi connectivity index (χ1n) is 7.07. The molecule has 1 fully saturated rings. The van der Waals surface area contributed by atoms with Crippen LogP contribution in [-0.2, 0) is 16.0 Å². The maximum absolute atomic E-state index is 11.6. The van der Waals surface area contributed by atoms with E-state index in [1.807, 2.05) is 25.1 Å². The van der Waals surface area contributed by atoms with Crippen LogP contribution >= 0.6 is 0 Å². The van der Waals surface area contributed by atoms with Gasteiger partial charge in [-0.25, -0.2) is 0 Å². The van der Waals surface area contributed by atoms with Crippen molar-refractivity contribution in [2.24, 2.45) is 0 Å². The van der Waals surface area contributed by atoms with Crippen LogP contribution in [-0.4, -0.2) is 50.7 Å². The number of esters is 1. The Morgan fingerprint density at radius 1 is 1.30 bits per heavy atom. The van der Waals surface area contributed by atoms with Gasteiger partial charge in [-0.15, -0.1) is 0 Å². The molecule has 1 heterocycles. The number of benzene rings is 1. The molecule has 0 atom stereocenters. The molecule has 1 aliphatic heterocycles. The van der Waals surface area contributed by atoms with Gasteiger partial charge in [0.25, 0.3) is 0 Å². The number of piperazine rings is 1. The summed E-state index contributed by atoms with van der Waals surface area (Å²) in [5.41, 5.74) is 8.58. The zero-order valence-corrected chi connectivity index (χ0v) is 12.3. The van der Waals surface area contributed by atoms with Crippen LogP contribution in [0.15, 0.2) is 18.2 Å². The van der Waals surface area contributed by atoms with E-state index >= 15 is 0 Å². The monoisotopic (exact) mass is 277 g/mol. The number of nitrogen functional groups attached to an aromatic ring is 1. The Balaban J connectivity index is 2.09. The predicted octanol–water partition coefficient (Wildman–Crippen LogP) is 1.13. The first-order valence-corrected chi connectivity index (χ1v) is 7.07. The van der Waals surface area contributed by atoms with Crippen LogP contribution in [0.1, 0.15) is 12.5 Å². The lowest BCUT2D eigenvalue weighted by Gasteiger charge is -2.34. The third kappa shape index (κ3) is 3.63. The smallest absolute Gasteiger partial charge is 0.310 e. The van der Waals surface area contributed by atoms with Crippen molar-refractivity contribution in [1.82, 2.24) is 4.90 Å². The van der Waals surface area contributed by atoms with Gasteiger partial charge < -0.3 is 20.3 Å². The molecule has 1 aromatic carbocycles. The van der Waals surface area contributed by atoms with Crippen molar-refractivity contribution in [1.29, 1.82) is 0 Å². The van der Waals surface area contributed by atoms with Crippen molar-refractivity contribution in [2.75, 3.05) is 50.5 Å². The van der Waals surface area contributed by atoms with Gasteiger partial charge in [0.05, 0.1) is 13.0 Å². The first-order chi connectivity index (χ1) is 9.60. The molecular formula is C15H23N3O2. The van der Waals surface area contributed by atoms with Crippen molar-refractivity contribution < 1.29 is 9.53 Å². The Bertz CT molecular complexity index is 468. The largest absolute Gasteiger partial charge is 0.466 e. The average molecular weight is 277 g/mol. The Morgan fingerprint density at radius 2 is 2.00 bits per heavy atom. The number of carbonyl (C=O) groups excluding carboxylic acids is 1. The van der Waals surface area contributed by atoms with E-state index in [1.165, 1.54) is 0 Å². The van der Waals surface area contributed by atoms with E-state index in [4.69, 9.17) is 10.5 Å². The molecule has 0 aromatic heterocycles. The molecule has 0 spiro atoms. The number of hydrogen-bond donors (Lipinski definition) is 1. The number of rotatable bonds is 4. The van der Waals surface area contributed by atoms with Crippen LogP contribution in [0.2, 0.25) is 0 Å². The van der Waals surface area contributed by atoms with Gasteiger partial charge in [0.15, 0.2) is 0 Å². The van der Waals surface area contributed by atoms with Crippen LogP contribution in [0.25, 0.3) is 0 Å². The summed E-state index contributed by atoms with van der Waals surface area (Å²) < 4.78 is 4.99. The maximum atomic E-state index is 11.6. The molecule has 2 N–H and O–H groups in total. The fourth-order valence-electron chi connectivity index (χ4n) is 2.37. The Hall–Kier alpha value is -1.75. The van der Waals surface area contributed by atoms with E-state index in [1.54, 1.807) is 0 Å². The molecule has 0 aliphatic carbocycles. The van der Waals surface area contributed by atoms with Gasteiger partial charge in [0.1, 0.15) is 0 Å². The Morgan fingerprint density at radius 3 is 2.65 bits per heavy atom. The van der Waals surface area contributed by atoms with Gasteiger partial charge in [-0.05, 0) is 37.7 Å². The van der Waals surface area contributed by atoms with Crippen LogP contribution in [0.3, 0.4) is 0 Å². The highest BCUT2D eigenvalue weighted by molar-refractivity contribution is 5.76. The van der Waals surface area contributed by atoms with E-state index < -0.39 is 0 Å². The number of nitrogens with two attached hydrogens (primary N) is 1. The highest BCUT2D eigenvalue weighted by atomic mass is 16.5. The van der Waals surface area contributed by atoms with Crippen LogP contribution in [0, 0.1) is 0 Å². The van der Waals surface area contributed by atoms with E-state index in [-0.39, 0.29) is 12.4 Å². The first kappa shape index (κ1) is 14.7. The van der Waals surface area contributed by atoms with Crippen molar-refractivity contribution in [3.63, 3.8) is 0 Å². The number of hydrogen-bond acceptors (Lipinski definition) is 5. The molecule has 1 aromatic rings. The summed E-state index contributed by atoms with van der Waals surface area (Å²) in [5.74, 6) is -0.227. The molecule has 1 aliphatic rings. The molecule has 0 unspecified atom stereocenters. The number of anilines is 2. The summed E-state index contributed by atoms with van der Waals surface area (Å²) in [6.45, 7) is 6.31. The maximum Gasteiger partial charge on any atom is 0.310 e. The van der Waals surface area contributed by atoms with Crippen molar-refractivity contribution in [3.05, 3.63) is 23.8 Å². The minimum atomic E-state index is -0.227. The summed E-state index contributed by atoms with van der Waals surface area (Å²) in [4.78, 5) is 16.2. The topological polar surface area (TPSA) is 58.8 Å². The summed E-state index contributed by atoms with van der Waals surface area (Å²) >= 11 is 0. The number of carbonyl (C=O) groups is 1. The molecule has 5 nitrogen and oxygen atoms in total. The fourth-order valence-corrected chi connectivity index (χ4v) is 2.37. The van der Waals surface area contributed by atoms with E-state index in [2.05, 4.69) is 16.8 Å². The SMILES string of the molecule is CCOC(=O)Cc1cc(N2CCN(C)CC2)ccc1N. The predicted molar refractivity (Wildman–Crippen MR) is 80.9 cm³/mol. The van der Waals surface area contributed by atoms with Crippen molar-refractivity contribution in [3.8, 4) is 0 Å². The third-order valence-electron chi connectivity index (χ3n) is 3.64. The zero-order chi connectivity index (χ0) is 14.5. The minimum Gasteiger partial charge on any atom is -0.466 e. The number of likely N-dealkylation sites (N-methyl/N-ethyl adjacent to an activating group) is 1. The normalized spacial score (nSPS) is 16.2. The molecule has 20 heavy (non-hydrogen) atoms. The standard InChI is InChI=1S/C15H23N3O2/c1-3-20-15(19)11-12-10-13(4-5-14(12)16)18-8-6-17(2)7-9-18/h4-5,10H,3,6-9,11,16H2,1-2H3. The summed E-state index contributed by atoms with van der Waals surface area (Å²) in [6, 6.07) is 5.91. The van der Waals surface area contributed by atoms with Crippen LogP contribution in [0.4, 0.5) is 11.4 Å². The second-order valence-corrected chi connectivity index (χ2v) is 5.16. The molecule has 5 heteroatoms. The van der Waals surface area contributed by atoms with Gasteiger partial charge in [-0.2, -0.15) is 0 Å². The van der Waals surface area contributed by atoms with Gasteiger partial charge in [0.2, 0.25) is 0 Å². The molecule has 0 amide bonds. The van der Waals surface area contributed by atoms with Crippen molar-refractivity contribution >= 4 is 17.3 Å². The van der Waals surface area contributed by atoms with Gasteiger partial charge in [0, 0.05) is 37.6 Å². The lowest BCUT2D eigenvalue weighted by molar-refractivity contribution is -0.142. The second kappa shape index (κ2) is 6.61. The number of nitrogens with zero attached hydrogens (tertiary/aromatic N) is 2. The third-order valence-corrected chi connectivity index (χ3v) is 3.64. The molecule has 0 bridgehead atoms. The van der Waals surface area contributed by atoms with E-state index in [9.17, 15) is 4.79 Å². The summed E-state index contributed by atoms with van der Waals surface area (Å²) in [5, 5.41) is 0. The average Bonchev–Trinajstić information content (AvgIpc) is 2.42. The Labute approximate surface area is 120 Å². The highest BCUT2D eigenvalue weighted by Gasteiger charge is 2.16. The molecular weight excluding hydrogens is 254 g/mol. The molecule has 2 rings (SSSR count). The lowest BCUT2D eigenvalue weighted by atomic mass is 10.1. The molecule has 0 saturated carbocycles. The van der Waals surface area contributed by atoms with Crippen molar-refractivity contribution in [2.45, 2.75) is 13.3 Å². The second-order valence-electron chi connectivity index (χ2n) is 5.16. The summed E-state index contributed by atoms with van der Waals surface area (Å²) in [6.07, 6.45) is 0.237. The minimum absolute atomic E-state index is 0.227. The quantitative estimate of drug-likeness (QED) is 0.660. The molecule has 0 radical (unpaired) electrons. The summed E-state index contributed by atoms with van der Waals surface area (Å²) in [7, 11) is 2.13. The fraction of sp³-hybridized carbons (Fsp3) is 0.533. The zero-order valence-electron chi connectivity index (χ0n) is 12.3. The number of ether oxygens (including phenoxy) is 1. The van der Waals surface area contributed by atoms with Gasteiger partial charge in [-0.3, -0.25) is 4.79 Å². The molecule has 110 valence electrons. The highest BCUT2D eigenvalue weighted by Crippen LogP contribution is 2.23. The van der Waals surface area contributed by atoms with Gasteiger partial charge in [-0.1, -0.05) is 0 Å².